The number of carbonyl (C=O) groups excluding carboxylic acids is 1. The highest BCUT2D eigenvalue weighted by molar-refractivity contribution is 5.88. The Morgan fingerprint density at radius 1 is 1.23 bits per heavy atom. The standard InChI is InChI=1S/C18H23NO3/c1-4-16(11-20)19-18(21)12(2)13-5-6-15-10-17(22-3)8-7-14(15)9-13/h5-10,12,16,20H,4,11H2,1-3H3,(H,19,21)/t12-,16+/m0/s1. The number of rotatable bonds is 6. The smallest absolute Gasteiger partial charge is 0.227 e. The van der Waals surface area contributed by atoms with Crippen molar-refractivity contribution in [3.05, 3.63) is 42.0 Å². The minimum atomic E-state index is -0.257. The average Bonchev–Trinajstić information content (AvgIpc) is 2.57. The maximum Gasteiger partial charge on any atom is 0.227 e. The molecular weight excluding hydrogens is 278 g/mol. The molecule has 0 spiro atoms. The number of aliphatic hydroxyl groups is 1. The third-order valence-corrected chi connectivity index (χ3v) is 4.02. The van der Waals surface area contributed by atoms with Gasteiger partial charge in [-0.25, -0.2) is 0 Å². The molecule has 0 saturated carbocycles. The molecule has 0 aliphatic rings. The molecule has 0 aliphatic heterocycles. The molecular formula is C18H23NO3. The number of hydrogen-bond donors (Lipinski definition) is 2. The third kappa shape index (κ3) is 3.57. The van der Waals surface area contributed by atoms with E-state index in [1.54, 1.807) is 7.11 Å². The lowest BCUT2D eigenvalue weighted by Gasteiger charge is -2.18. The van der Waals surface area contributed by atoms with Crippen LogP contribution in [0.4, 0.5) is 0 Å². The van der Waals surface area contributed by atoms with E-state index >= 15 is 0 Å². The lowest BCUT2D eigenvalue weighted by molar-refractivity contribution is -0.123. The monoisotopic (exact) mass is 301 g/mol. The van der Waals surface area contributed by atoms with Gasteiger partial charge in [0.15, 0.2) is 0 Å². The van der Waals surface area contributed by atoms with E-state index in [1.165, 1.54) is 0 Å². The Bertz CT molecular complexity index is 650. The van der Waals surface area contributed by atoms with Gasteiger partial charge in [0.25, 0.3) is 0 Å². The first kappa shape index (κ1) is 16.3. The fourth-order valence-corrected chi connectivity index (χ4v) is 2.39. The molecule has 0 heterocycles. The highest BCUT2D eigenvalue weighted by Crippen LogP contribution is 2.25. The molecule has 2 aromatic rings. The van der Waals surface area contributed by atoms with Gasteiger partial charge >= 0.3 is 0 Å². The van der Waals surface area contributed by atoms with Crippen LogP contribution in [0.2, 0.25) is 0 Å². The molecule has 2 rings (SSSR count). The second kappa shape index (κ2) is 7.27. The van der Waals surface area contributed by atoms with Crippen molar-refractivity contribution >= 4 is 16.7 Å². The van der Waals surface area contributed by atoms with E-state index in [0.717, 1.165) is 22.1 Å². The van der Waals surface area contributed by atoms with Crippen molar-refractivity contribution in [2.24, 2.45) is 0 Å². The van der Waals surface area contributed by atoms with Crippen LogP contribution in [0.3, 0.4) is 0 Å². The third-order valence-electron chi connectivity index (χ3n) is 4.02. The van der Waals surface area contributed by atoms with Gasteiger partial charge in [0.1, 0.15) is 5.75 Å². The summed E-state index contributed by atoms with van der Waals surface area (Å²) in [5.41, 5.74) is 0.961. The van der Waals surface area contributed by atoms with Gasteiger partial charge in [-0.15, -0.1) is 0 Å². The summed E-state index contributed by atoms with van der Waals surface area (Å²) in [6, 6.07) is 11.7. The van der Waals surface area contributed by atoms with Gasteiger partial charge in [-0.3, -0.25) is 4.79 Å². The Morgan fingerprint density at radius 2 is 1.91 bits per heavy atom. The molecule has 4 heteroatoms. The fraction of sp³-hybridized carbons (Fsp3) is 0.389. The van der Waals surface area contributed by atoms with Gasteiger partial charge in [0.2, 0.25) is 5.91 Å². The zero-order chi connectivity index (χ0) is 16.1. The van der Waals surface area contributed by atoms with Crippen molar-refractivity contribution in [2.45, 2.75) is 32.2 Å². The zero-order valence-electron chi connectivity index (χ0n) is 13.3. The van der Waals surface area contributed by atoms with Crippen molar-refractivity contribution < 1.29 is 14.6 Å². The summed E-state index contributed by atoms with van der Waals surface area (Å²) in [5.74, 6) is 0.501. The Balaban J connectivity index is 2.21. The minimum Gasteiger partial charge on any atom is -0.497 e. The van der Waals surface area contributed by atoms with Gasteiger partial charge < -0.3 is 15.2 Å². The maximum absolute atomic E-state index is 12.3. The lowest BCUT2D eigenvalue weighted by Crippen LogP contribution is -2.39. The van der Waals surface area contributed by atoms with Crippen molar-refractivity contribution in [3.63, 3.8) is 0 Å². The number of methoxy groups -OCH3 is 1. The molecule has 0 unspecified atom stereocenters. The summed E-state index contributed by atoms with van der Waals surface area (Å²) in [7, 11) is 1.65. The van der Waals surface area contributed by atoms with E-state index in [9.17, 15) is 9.90 Å². The molecule has 0 aliphatic carbocycles. The normalized spacial score (nSPS) is 13.6. The Morgan fingerprint density at radius 3 is 2.55 bits per heavy atom. The van der Waals surface area contributed by atoms with E-state index in [4.69, 9.17) is 4.74 Å². The van der Waals surface area contributed by atoms with Crippen LogP contribution in [-0.2, 0) is 4.79 Å². The highest BCUT2D eigenvalue weighted by Gasteiger charge is 2.18. The van der Waals surface area contributed by atoms with Crippen molar-refractivity contribution in [1.29, 1.82) is 0 Å². The molecule has 4 nitrogen and oxygen atoms in total. The molecule has 2 atom stereocenters. The summed E-state index contributed by atoms with van der Waals surface area (Å²) in [5, 5.41) is 14.2. The average molecular weight is 301 g/mol. The van der Waals surface area contributed by atoms with Crippen LogP contribution in [0.15, 0.2) is 36.4 Å². The van der Waals surface area contributed by atoms with Crippen molar-refractivity contribution in [2.75, 3.05) is 13.7 Å². The van der Waals surface area contributed by atoms with E-state index in [-0.39, 0.29) is 24.5 Å². The first-order valence-electron chi connectivity index (χ1n) is 7.58. The predicted octanol–water partition coefficient (Wildman–Crippen LogP) is 2.84. The molecule has 22 heavy (non-hydrogen) atoms. The lowest BCUT2D eigenvalue weighted by atomic mass is 9.96. The molecule has 0 fully saturated rings. The summed E-state index contributed by atoms with van der Waals surface area (Å²) in [6.45, 7) is 3.78. The van der Waals surface area contributed by atoms with E-state index in [1.807, 2.05) is 50.2 Å². The quantitative estimate of drug-likeness (QED) is 0.862. The number of benzene rings is 2. The van der Waals surface area contributed by atoms with Crippen LogP contribution >= 0.6 is 0 Å². The molecule has 118 valence electrons. The van der Waals surface area contributed by atoms with Crippen LogP contribution in [0.1, 0.15) is 31.7 Å². The van der Waals surface area contributed by atoms with E-state index in [2.05, 4.69) is 5.32 Å². The molecule has 1 amide bonds. The largest absolute Gasteiger partial charge is 0.497 e. The predicted molar refractivity (Wildman–Crippen MR) is 88.2 cm³/mol. The maximum atomic E-state index is 12.3. The number of nitrogens with one attached hydrogen (secondary N) is 1. The number of ether oxygens (including phenoxy) is 1. The van der Waals surface area contributed by atoms with Gasteiger partial charge in [0, 0.05) is 0 Å². The number of amides is 1. The summed E-state index contributed by atoms with van der Waals surface area (Å²) >= 11 is 0. The van der Waals surface area contributed by atoms with Crippen LogP contribution in [0.5, 0.6) is 5.75 Å². The van der Waals surface area contributed by atoms with E-state index < -0.39 is 0 Å². The highest BCUT2D eigenvalue weighted by atomic mass is 16.5. The summed E-state index contributed by atoms with van der Waals surface area (Å²) < 4.78 is 5.22. The second-order valence-corrected chi connectivity index (χ2v) is 5.49. The van der Waals surface area contributed by atoms with Crippen LogP contribution in [-0.4, -0.2) is 30.8 Å². The number of fused-ring (bicyclic) bond motifs is 1. The minimum absolute atomic E-state index is 0.0352. The topological polar surface area (TPSA) is 58.6 Å². The molecule has 0 radical (unpaired) electrons. The molecule has 2 aromatic carbocycles. The molecule has 0 bridgehead atoms. The van der Waals surface area contributed by atoms with Crippen LogP contribution in [0.25, 0.3) is 10.8 Å². The van der Waals surface area contributed by atoms with Gasteiger partial charge in [-0.2, -0.15) is 0 Å². The zero-order valence-corrected chi connectivity index (χ0v) is 13.3. The first-order chi connectivity index (χ1) is 10.6. The Labute approximate surface area is 131 Å². The Kier molecular flexibility index (Phi) is 5.39. The SMILES string of the molecule is CC[C@H](CO)NC(=O)[C@@H](C)c1ccc2cc(OC)ccc2c1. The number of aliphatic hydroxyl groups excluding tert-OH is 1. The molecule has 0 saturated heterocycles. The first-order valence-corrected chi connectivity index (χ1v) is 7.58. The van der Waals surface area contributed by atoms with Crippen LogP contribution < -0.4 is 10.1 Å². The summed E-state index contributed by atoms with van der Waals surface area (Å²) in [4.78, 5) is 12.3. The molecule has 2 N–H and O–H groups in total. The van der Waals surface area contributed by atoms with Gasteiger partial charge in [-0.1, -0.05) is 31.2 Å². The van der Waals surface area contributed by atoms with Crippen LogP contribution in [0, 0.1) is 0 Å². The number of carbonyl (C=O) groups is 1. The number of hydrogen-bond acceptors (Lipinski definition) is 3. The Hall–Kier alpha value is -2.07. The van der Waals surface area contributed by atoms with Crippen molar-refractivity contribution in [3.8, 4) is 5.75 Å². The molecule has 0 aromatic heterocycles. The van der Waals surface area contributed by atoms with Crippen molar-refractivity contribution in [1.82, 2.24) is 5.32 Å². The summed E-state index contributed by atoms with van der Waals surface area (Å²) in [6.07, 6.45) is 0.715. The van der Waals surface area contributed by atoms with Gasteiger partial charge in [-0.05, 0) is 41.8 Å². The fourth-order valence-electron chi connectivity index (χ4n) is 2.39. The van der Waals surface area contributed by atoms with Gasteiger partial charge in [0.05, 0.1) is 25.7 Å². The second-order valence-electron chi connectivity index (χ2n) is 5.49. The van der Waals surface area contributed by atoms with E-state index in [0.29, 0.717) is 6.42 Å².